The minimum absolute atomic E-state index is 0.104. The van der Waals surface area contributed by atoms with Crippen LogP contribution >= 0.6 is 0 Å². The summed E-state index contributed by atoms with van der Waals surface area (Å²) < 4.78 is 2.38. The molecule has 0 N–H and O–H groups in total. The zero-order valence-corrected chi connectivity index (χ0v) is 35.0. The van der Waals surface area contributed by atoms with Gasteiger partial charge in [-0.05, 0) is 141 Å². The first-order valence-corrected chi connectivity index (χ1v) is 22.4. The molecule has 8 aromatic carbocycles. The van der Waals surface area contributed by atoms with E-state index < -0.39 is 0 Å². The fourth-order valence-corrected chi connectivity index (χ4v) is 11.6. The predicted octanol–water partition coefficient (Wildman–Crippen LogP) is 15.5. The maximum absolute atomic E-state index is 2.57. The molecule has 298 valence electrons. The second-order valence-electron chi connectivity index (χ2n) is 17.4. The summed E-state index contributed by atoms with van der Waals surface area (Å²) in [5.41, 5.74) is 22.2. The molecular weight excluding hydrogens is 761 g/mol. The van der Waals surface area contributed by atoms with Crippen LogP contribution in [0.2, 0.25) is 0 Å². The lowest BCUT2D eigenvalue weighted by atomic mass is 9.67. The summed E-state index contributed by atoms with van der Waals surface area (Å²) in [7, 11) is 0. The van der Waals surface area contributed by atoms with Crippen LogP contribution in [0.3, 0.4) is 0 Å². The molecule has 4 aliphatic rings. The van der Waals surface area contributed by atoms with E-state index in [-0.39, 0.29) is 11.5 Å². The van der Waals surface area contributed by atoms with Crippen LogP contribution in [-0.2, 0) is 5.41 Å². The maximum atomic E-state index is 2.57. The Hall–Kier alpha value is -7.68. The van der Waals surface area contributed by atoms with Crippen molar-refractivity contribution in [1.29, 1.82) is 0 Å². The largest absolute Gasteiger partial charge is 0.334 e. The van der Waals surface area contributed by atoms with Crippen molar-refractivity contribution < 1.29 is 0 Å². The van der Waals surface area contributed by atoms with E-state index in [2.05, 4.69) is 234 Å². The van der Waals surface area contributed by atoms with Crippen LogP contribution in [0.1, 0.15) is 41.5 Å². The average molecular weight is 805 g/mol. The van der Waals surface area contributed by atoms with E-state index in [1.54, 1.807) is 0 Å². The Kier molecular flexibility index (Phi) is 8.11. The van der Waals surface area contributed by atoms with Crippen LogP contribution in [0, 0.1) is 0 Å². The highest BCUT2D eigenvalue weighted by Crippen LogP contribution is 2.64. The normalized spacial score (nSPS) is 18.3. The van der Waals surface area contributed by atoms with Gasteiger partial charge in [0.05, 0.1) is 22.5 Å². The molecule has 0 bridgehead atoms. The summed E-state index contributed by atoms with van der Waals surface area (Å²) in [6.07, 6.45) is 12.9. The number of hydrogen-bond acceptors (Lipinski definition) is 1. The SMILES string of the molecule is C1=CC2=C(CC1)c1ccccc1C21C2=C(CC(N(c3ccc(-c4ccccc4)cc3)c3ccc(-c4ccc5c(c4)c4ccccc4n5-c4ccccc4)cc3)C=C2)c2ccccc21. The smallest absolute Gasteiger partial charge is 0.0718 e. The van der Waals surface area contributed by atoms with E-state index >= 15 is 0 Å². The molecule has 9 aromatic rings. The van der Waals surface area contributed by atoms with Crippen LogP contribution in [-0.4, -0.2) is 10.6 Å². The molecular formula is C61H44N2. The highest BCUT2D eigenvalue weighted by molar-refractivity contribution is 6.10. The first-order chi connectivity index (χ1) is 31.3. The van der Waals surface area contributed by atoms with E-state index in [0.717, 1.165) is 19.3 Å². The lowest BCUT2D eigenvalue weighted by molar-refractivity contribution is 0.748. The van der Waals surface area contributed by atoms with Crippen molar-refractivity contribution in [3.05, 3.63) is 258 Å². The molecule has 1 spiro atoms. The topological polar surface area (TPSA) is 8.17 Å². The first-order valence-electron chi connectivity index (χ1n) is 22.4. The molecule has 2 atom stereocenters. The van der Waals surface area contributed by atoms with Crippen LogP contribution in [0.25, 0.3) is 60.9 Å². The molecule has 0 saturated carbocycles. The third-order valence-corrected chi connectivity index (χ3v) is 14.3. The van der Waals surface area contributed by atoms with Gasteiger partial charge in [0.15, 0.2) is 0 Å². The molecule has 2 nitrogen and oxygen atoms in total. The van der Waals surface area contributed by atoms with Gasteiger partial charge in [0.25, 0.3) is 0 Å². The second kappa shape index (κ2) is 14.2. The summed E-state index contributed by atoms with van der Waals surface area (Å²) in [4.78, 5) is 2.57. The van der Waals surface area contributed by atoms with Crippen molar-refractivity contribution in [3.63, 3.8) is 0 Å². The fourth-order valence-electron chi connectivity index (χ4n) is 11.6. The summed E-state index contributed by atoms with van der Waals surface area (Å²) >= 11 is 0. The summed E-state index contributed by atoms with van der Waals surface area (Å²) in [6.45, 7) is 0. The molecule has 63 heavy (non-hydrogen) atoms. The van der Waals surface area contributed by atoms with Crippen molar-refractivity contribution >= 4 is 44.3 Å². The van der Waals surface area contributed by atoms with Gasteiger partial charge in [-0.15, -0.1) is 0 Å². The number of aromatic nitrogens is 1. The lowest BCUT2D eigenvalue weighted by Gasteiger charge is -2.37. The summed E-state index contributed by atoms with van der Waals surface area (Å²) in [5.74, 6) is 0. The average Bonchev–Trinajstić information content (AvgIpc) is 3.96. The third kappa shape index (κ3) is 5.38. The monoisotopic (exact) mass is 804 g/mol. The quantitative estimate of drug-likeness (QED) is 0.163. The number of benzene rings is 8. The fraction of sp³-hybridized carbons (Fsp3) is 0.0820. The van der Waals surface area contributed by atoms with Gasteiger partial charge in [0.1, 0.15) is 0 Å². The first kappa shape index (κ1) is 36.0. The number of hydrogen-bond donors (Lipinski definition) is 0. The number of allylic oxidation sites excluding steroid dienone is 6. The van der Waals surface area contributed by atoms with Gasteiger partial charge < -0.3 is 9.47 Å². The van der Waals surface area contributed by atoms with Crippen molar-refractivity contribution in [2.45, 2.75) is 30.7 Å². The third-order valence-electron chi connectivity index (χ3n) is 14.3. The van der Waals surface area contributed by atoms with Crippen molar-refractivity contribution in [1.82, 2.24) is 4.57 Å². The summed E-state index contributed by atoms with van der Waals surface area (Å²) in [5, 5.41) is 2.53. The van der Waals surface area contributed by atoms with Crippen LogP contribution in [0.15, 0.2) is 236 Å². The highest BCUT2D eigenvalue weighted by Gasteiger charge is 2.53. The van der Waals surface area contributed by atoms with Crippen molar-refractivity contribution in [2.24, 2.45) is 0 Å². The van der Waals surface area contributed by atoms with E-state index in [9.17, 15) is 0 Å². The molecule has 1 heterocycles. The van der Waals surface area contributed by atoms with Crippen LogP contribution in [0.5, 0.6) is 0 Å². The van der Waals surface area contributed by atoms with E-state index in [4.69, 9.17) is 0 Å². The Morgan fingerprint density at radius 3 is 1.75 bits per heavy atom. The van der Waals surface area contributed by atoms with Gasteiger partial charge in [-0.2, -0.15) is 0 Å². The Labute approximate surface area is 368 Å². The molecule has 13 rings (SSSR count). The minimum Gasteiger partial charge on any atom is -0.334 e. The van der Waals surface area contributed by atoms with Gasteiger partial charge in [0.2, 0.25) is 0 Å². The predicted molar refractivity (Wildman–Crippen MR) is 264 cm³/mol. The van der Waals surface area contributed by atoms with Crippen LogP contribution < -0.4 is 4.90 Å². The molecule has 0 amide bonds. The number of para-hydroxylation sites is 2. The van der Waals surface area contributed by atoms with Crippen molar-refractivity contribution in [3.8, 4) is 27.9 Å². The van der Waals surface area contributed by atoms with Gasteiger partial charge in [-0.1, -0.05) is 170 Å². The molecule has 2 heteroatoms. The zero-order valence-electron chi connectivity index (χ0n) is 35.0. The van der Waals surface area contributed by atoms with E-state index in [1.165, 1.54) is 106 Å². The molecule has 0 radical (unpaired) electrons. The molecule has 0 aliphatic heterocycles. The number of rotatable bonds is 6. The molecule has 2 unspecified atom stereocenters. The number of nitrogens with zero attached hydrogens (tertiary/aromatic N) is 2. The maximum Gasteiger partial charge on any atom is 0.0718 e. The summed E-state index contributed by atoms with van der Waals surface area (Å²) in [6, 6.07) is 74.2. The van der Waals surface area contributed by atoms with Gasteiger partial charge in [-0.25, -0.2) is 0 Å². The van der Waals surface area contributed by atoms with Gasteiger partial charge in [0, 0.05) is 27.8 Å². The number of fused-ring (bicyclic) bond motifs is 11. The van der Waals surface area contributed by atoms with Crippen molar-refractivity contribution in [2.75, 3.05) is 4.90 Å². The zero-order chi connectivity index (χ0) is 41.5. The molecule has 4 aliphatic carbocycles. The lowest BCUT2D eigenvalue weighted by Crippen LogP contribution is -2.33. The van der Waals surface area contributed by atoms with E-state index in [0.29, 0.717) is 0 Å². The Balaban J connectivity index is 0.915. The Morgan fingerprint density at radius 2 is 1.02 bits per heavy atom. The standard InChI is InChI=1S/C61H44N2/c1-3-15-41(16-4-1)42-27-32-46(33-28-42)62(47-34-29-43(30-35-47)44-31-38-60-54(39-44)52-22-10-14-26-59(52)63(60)45-17-5-2-6-18-45)48-36-37-58-53(40-48)51-21-9-13-25-57(51)61(58)55-23-11-7-19-49(55)50-20-8-12-24-56(50)61/h1-7,9-19,21-39,48H,8,20,40H2. The number of anilines is 2. The van der Waals surface area contributed by atoms with E-state index in [1.807, 2.05) is 0 Å². The Bertz CT molecular complexity index is 3400. The minimum atomic E-state index is -0.283. The second-order valence-corrected chi connectivity index (χ2v) is 17.4. The highest BCUT2D eigenvalue weighted by atomic mass is 15.2. The van der Waals surface area contributed by atoms with Gasteiger partial charge >= 0.3 is 0 Å². The molecule has 1 aromatic heterocycles. The molecule has 0 saturated heterocycles. The molecule has 0 fully saturated rings. The van der Waals surface area contributed by atoms with Gasteiger partial charge in [-0.3, -0.25) is 0 Å². The Morgan fingerprint density at radius 1 is 0.460 bits per heavy atom. The van der Waals surface area contributed by atoms with Crippen LogP contribution in [0.4, 0.5) is 11.4 Å².